The molecule has 0 spiro atoms. The monoisotopic (exact) mass is 335 g/mol. The van der Waals surface area contributed by atoms with E-state index in [0.29, 0.717) is 12.4 Å². The first-order valence-corrected chi connectivity index (χ1v) is 8.80. The lowest BCUT2D eigenvalue weighted by molar-refractivity contribution is -0.124. The Morgan fingerprint density at radius 3 is 2.75 bits per heavy atom. The zero-order chi connectivity index (χ0) is 16.9. The Bertz CT molecular complexity index is 582. The number of hydrogen-bond donors (Lipinski definition) is 2. The first kappa shape index (κ1) is 16.9. The van der Waals surface area contributed by atoms with E-state index < -0.39 is 5.91 Å². The Morgan fingerprint density at radius 2 is 2.04 bits per heavy atom. The molecule has 3 N–H and O–H groups in total. The third kappa shape index (κ3) is 3.92. The summed E-state index contributed by atoms with van der Waals surface area (Å²) >= 11 is 0. The number of hydrogen-bond acceptors (Lipinski definition) is 6. The molecule has 8 heteroatoms. The largest absolute Gasteiger partial charge is 0.363 e. The van der Waals surface area contributed by atoms with Gasteiger partial charge in [-0.25, -0.2) is 0 Å². The third-order valence-electron chi connectivity index (χ3n) is 4.96. The predicted octanol–water partition coefficient (Wildman–Crippen LogP) is 1.00. The van der Waals surface area contributed by atoms with E-state index in [1.165, 1.54) is 12.8 Å². The zero-order valence-corrected chi connectivity index (χ0v) is 13.9. The number of aromatic nitrogens is 2. The Morgan fingerprint density at radius 1 is 1.25 bits per heavy atom. The number of nitrogens with two attached hydrogens (primary N) is 1. The zero-order valence-electron chi connectivity index (χ0n) is 13.9. The van der Waals surface area contributed by atoms with E-state index in [1.807, 2.05) is 0 Å². The average Bonchev–Trinajstić information content (AvgIpc) is 3.32. The van der Waals surface area contributed by atoms with Gasteiger partial charge in [-0.3, -0.25) is 14.5 Å². The van der Waals surface area contributed by atoms with E-state index in [0.717, 1.165) is 45.2 Å². The SMILES string of the molecule is NC(=O)c1noc(C2CCCN2CCCNC(=O)C2CCCC2)n1. The highest BCUT2D eigenvalue weighted by molar-refractivity contribution is 5.88. The molecule has 8 nitrogen and oxygen atoms in total. The maximum atomic E-state index is 12.0. The molecule has 1 aromatic rings. The van der Waals surface area contributed by atoms with Crippen LogP contribution in [0.1, 0.15) is 67.5 Å². The van der Waals surface area contributed by atoms with Gasteiger partial charge in [0.1, 0.15) is 0 Å². The molecule has 24 heavy (non-hydrogen) atoms. The Balaban J connectivity index is 1.44. The van der Waals surface area contributed by atoms with Gasteiger partial charge in [0.05, 0.1) is 6.04 Å². The van der Waals surface area contributed by atoms with Crippen molar-refractivity contribution < 1.29 is 14.1 Å². The molecular formula is C16H25N5O3. The van der Waals surface area contributed by atoms with Crippen LogP contribution in [0.15, 0.2) is 4.52 Å². The van der Waals surface area contributed by atoms with Crippen LogP contribution in [0.25, 0.3) is 0 Å². The van der Waals surface area contributed by atoms with E-state index in [1.54, 1.807) is 0 Å². The van der Waals surface area contributed by atoms with Crippen LogP contribution in [-0.2, 0) is 4.79 Å². The molecule has 0 radical (unpaired) electrons. The van der Waals surface area contributed by atoms with Crippen LogP contribution in [-0.4, -0.2) is 46.5 Å². The second kappa shape index (κ2) is 7.74. The number of likely N-dealkylation sites (tertiary alicyclic amines) is 1. The number of rotatable bonds is 7. The highest BCUT2D eigenvalue weighted by Gasteiger charge is 2.31. The predicted molar refractivity (Wildman–Crippen MR) is 85.9 cm³/mol. The summed E-state index contributed by atoms with van der Waals surface area (Å²) in [6.07, 6.45) is 7.25. The van der Waals surface area contributed by atoms with Gasteiger partial charge in [0.15, 0.2) is 0 Å². The van der Waals surface area contributed by atoms with E-state index >= 15 is 0 Å². The Hall–Kier alpha value is -1.96. The minimum absolute atomic E-state index is 0.0381. The van der Waals surface area contributed by atoms with E-state index in [9.17, 15) is 9.59 Å². The minimum atomic E-state index is -0.677. The number of nitrogens with one attached hydrogen (secondary N) is 1. The number of primary amides is 1. The van der Waals surface area contributed by atoms with Gasteiger partial charge < -0.3 is 15.6 Å². The molecular weight excluding hydrogens is 310 g/mol. The van der Waals surface area contributed by atoms with Crippen molar-refractivity contribution in [3.8, 4) is 0 Å². The van der Waals surface area contributed by atoms with Gasteiger partial charge in [-0.1, -0.05) is 18.0 Å². The van der Waals surface area contributed by atoms with Gasteiger partial charge in [-0.2, -0.15) is 4.98 Å². The van der Waals surface area contributed by atoms with Crippen molar-refractivity contribution in [2.45, 2.75) is 51.0 Å². The van der Waals surface area contributed by atoms with E-state index in [-0.39, 0.29) is 23.7 Å². The summed E-state index contributed by atoms with van der Waals surface area (Å²) in [5, 5.41) is 6.66. The minimum Gasteiger partial charge on any atom is -0.363 e. The molecule has 2 amide bonds. The lowest BCUT2D eigenvalue weighted by Crippen LogP contribution is -2.33. The van der Waals surface area contributed by atoms with Crippen LogP contribution in [0, 0.1) is 5.92 Å². The van der Waals surface area contributed by atoms with Crippen molar-refractivity contribution in [2.24, 2.45) is 11.7 Å². The van der Waals surface area contributed by atoms with Crippen LogP contribution < -0.4 is 11.1 Å². The fraction of sp³-hybridized carbons (Fsp3) is 0.750. The van der Waals surface area contributed by atoms with Crippen LogP contribution >= 0.6 is 0 Å². The number of carbonyl (C=O) groups is 2. The number of nitrogens with zero attached hydrogens (tertiary/aromatic N) is 3. The lowest BCUT2D eigenvalue weighted by Gasteiger charge is -2.21. The third-order valence-corrected chi connectivity index (χ3v) is 4.96. The smallest absolute Gasteiger partial charge is 0.290 e. The summed E-state index contributed by atoms with van der Waals surface area (Å²) in [6.45, 7) is 2.49. The van der Waals surface area contributed by atoms with Crippen molar-refractivity contribution in [1.82, 2.24) is 20.4 Å². The molecule has 1 aliphatic heterocycles. The van der Waals surface area contributed by atoms with Crippen LogP contribution in [0.2, 0.25) is 0 Å². The van der Waals surface area contributed by atoms with Gasteiger partial charge in [0, 0.05) is 19.0 Å². The molecule has 2 fully saturated rings. The summed E-state index contributed by atoms with van der Waals surface area (Å²) in [6, 6.07) is 0.0381. The highest BCUT2D eigenvalue weighted by atomic mass is 16.5. The summed E-state index contributed by atoms with van der Waals surface area (Å²) in [5.74, 6) is 0.129. The van der Waals surface area contributed by atoms with Gasteiger partial charge in [-0.15, -0.1) is 0 Å². The van der Waals surface area contributed by atoms with Crippen molar-refractivity contribution >= 4 is 11.8 Å². The number of amides is 2. The van der Waals surface area contributed by atoms with Crippen molar-refractivity contribution in [2.75, 3.05) is 19.6 Å². The van der Waals surface area contributed by atoms with Gasteiger partial charge in [0.2, 0.25) is 11.8 Å². The quantitative estimate of drug-likeness (QED) is 0.719. The summed E-state index contributed by atoms with van der Waals surface area (Å²) in [4.78, 5) is 29.4. The molecule has 132 valence electrons. The molecule has 1 saturated heterocycles. The molecule has 1 aromatic heterocycles. The van der Waals surface area contributed by atoms with Gasteiger partial charge in [0.25, 0.3) is 11.7 Å². The Kier molecular flexibility index (Phi) is 5.44. The summed E-state index contributed by atoms with van der Waals surface area (Å²) in [5.41, 5.74) is 5.16. The molecule has 1 saturated carbocycles. The molecule has 2 heterocycles. The van der Waals surface area contributed by atoms with Crippen molar-refractivity contribution in [3.05, 3.63) is 11.7 Å². The fourth-order valence-corrected chi connectivity index (χ4v) is 3.67. The normalized spacial score (nSPS) is 22.1. The summed E-state index contributed by atoms with van der Waals surface area (Å²) < 4.78 is 5.18. The molecule has 3 rings (SSSR count). The van der Waals surface area contributed by atoms with Crippen molar-refractivity contribution in [3.63, 3.8) is 0 Å². The summed E-state index contributed by atoms with van der Waals surface area (Å²) in [7, 11) is 0. The Labute approximate surface area is 141 Å². The standard InChI is InChI=1S/C16H25N5O3/c17-13(22)14-19-16(24-20-14)12-7-3-9-21(12)10-4-8-18-15(23)11-5-1-2-6-11/h11-12H,1-10H2,(H2,17,22)(H,18,23). The fourth-order valence-electron chi connectivity index (χ4n) is 3.67. The van der Waals surface area contributed by atoms with Gasteiger partial charge >= 0.3 is 0 Å². The molecule has 1 aliphatic carbocycles. The maximum Gasteiger partial charge on any atom is 0.290 e. The van der Waals surface area contributed by atoms with E-state index in [2.05, 4.69) is 20.4 Å². The van der Waals surface area contributed by atoms with Gasteiger partial charge in [-0.05, 0) is 38.6 Å². The first-order valence-electron chi connectivity index (χ1n) is 8.80. The molecule has 2 aliphatic rings. The molecule has 0 aromatic carbocycles. The first-order chi connectivity index (χ1) is 11.6. The number of carbonyl (C=O) groups excluding carboxylic acids is 2. The lowest BCUT2D eigenvalue weighted by atomic mass is 10.1. The molecule has 0 bridgehead atoms. The highest BCUT2D eigenvalue weighted by Crippen LogP contribution is 2.30. The molecule has 1 atom stereocenters. The molecule has 1 unspecified atom stereocenters. The average molecular weight is 335 g/mol. The topological polar surface area (TPSA) is 114 Å². The second-order valence-corrected chi connectivity index (χ2v) is 6.64. The van der Waals surface area contributed by atoms with Crippen LogP contribution in [0.3, 0.4) is 0 Å². The van der Waals surface area contributed by atoms with E-state index in [4.69, 9.17) is 10.3 Å². The van der Waals surface area contributed by atoms with Crippen LogP contribution in [0.4, 0.5) is 0 Å². The van der Waals surface area contributed by atoms with Crippen LogP contribution in [0.5, 0.6) is 0 Å². The second-order valence-electron chi connectivity index (χ2n) is 6.64. The maximum absolute atomic E-state index is 12.0. The van der Waals surface area contributed by atoms with Crippen molar-refractivity contribution in [1.29, 1.82) is 0 Å².